The molecule has 5 nitrogen and oxygen atoms in total. The van der Waals surface area contributed by atoms with Gasteiger partial charge in [-0.2, -0.15) is 0 Å². The molecule has 3 rings (SSSR count). The van der Waals surface area contributed by atoms with Gasteiger partial charge in [-0.1, -0.05) is 25.1 Å². The van der Waals surface area contributed by atoms with Gasteiger partial charge in [0, 0.05) is 24.2 Å². The third-order valence-electron chi connectivity index (χ3n) is 4.90. The molecule has 0 aliphatic heterocycles. The number of H-pyrrole nitrogens is 1. The van der Waals surface area contributed by atoms with Crippen LogP contribution in [0.25, 0.3) is 10.9 Å². The number of aromatic nitrogens is 1. The van der Waals surface area contributed by atoms with Gasteiger partial charge in [-0.3, -0.25) is 4.79 Å². The molecule has 2 N–H and O–H groups in total. The van der Waals surface area contributed by atoms with Gasteiger partial charge in [-0.25, -0.2) is 0 Å². The summed E-state index contributed by atoms with van der Waals surface area (Å²) in [5.74, 6) is 0.812. The smallest absolute Gasteiger partial charge is 0.253 e. The monoisotopic (exact) mass is 409 g/mol. The highest BCUT2D eigenvalue weighted by Gasteiger charge is 2.14. The number of pyridine rings is 1. The summed E-state index contributed by atoms with van der Waals surface area (Å²) in [6.45, 7) is 5.89. The van der Waals surface area contributed by atoms with Gasteiger partial charge in [-0.05, 0) is 72.4 Å². The number of benzene rings is 2. The molecule has 0 fully saturated rings. The molecule has 0 atom stereocenters. The van der Waals surface area contributed by atoms with Crippen molar-refractivity contribution in [1.82, 2.24) is 15.2 Å². The normalized spacial score (nSPS) is 10.7. The van der Waals surface area contributed by atoms with E-state index in [0.29, 0.717) is 23.8 Å². The van der Waals surface area contributed by atoms with Crippen LogP contribution in [0.3, 0.4) is 0 Å². The molecule has 0 unspecified atom stereocenters. The molecule has 152 valence electrons. The maximum atomic E-state index is 12.7. The van der Waals surface area contributed by atoms with Crippen molar-refractivity contribution in [2.75, 3.05) is 13.7 Å². The largest absolute Gasteiger partial charge is 0.497 e. The second kappa shape index (κ2) is 9.56. The van der Waals surface area contributed by atoms with E-state index in [0.717, 1.165) is 35.2 Å². The number of fused-ring (bicyclic) bond motifs is 1. The van der Waals surface area contributed by atoms with Crippen LogP contribution in [0.15, 0.2) is 53.3 Å². The predicted molar refractivity (Wildman–Crippen MR) is 122 cm³/mol. The van der Waals surface area contributed by atoms with Gasteiger partial charge in [0.25, 0.3) is 5.56 Å². The van der Waals surface area contributed by atoms with E-state index in [1.54, 1.807) is 7.11 Å². The van der Waals surface area contributed by atoms with Crippen LogP contribution in [-0.2, 0) is 19.5 Å². The maximum Gasteiger partial charge on any atom is 0.253 e. The van der Waals surface area contributed by atoms with Crippen molar-refractivity contribution in [2.24, 2.45) is 0 Å². The first kappa shape index (κ1) is 20.9. The summed E-state index contributed by atoms with van der Waals surface area (Å²) in [5.41, 5.74) is 3.80. The fourth-order valence-electron chi connectivity index (χ4n) is 3.26. The minimum absolute atomic E-state index is 0.0826. The number of hydrogen-bond donors (Lipinski definition) is 2. The first-order valence-corrected chi connectivity index (χ1v) is 10.3. The number of ether oxygens (including phenoxy) is 1. The number of hydrogen-bond acceptors (Lipinski definition) is 3. The van der Waals surface area contributed by atoms with Crippen LogP contribution >= 0.6 is 12.2 Å². The summed E-state index contributed by atoms with van der Waals surface area (Å²) in [7, 11) is 1.65. The zero-order chi connectivity index (χ0) is 20.8. The van der Waals surface area contributed by atoms with E-state index in [1.807, 2.05) is 54.3 Å². The van der Waals surface area contributed by atoms with E-state index in [9.17, 15) is 4.79 Å². The van der Waals surface area contributed by atoms with Gasteiger partial charge in [-0.15, -0.1) is 0 Å². The quantitative estimate of drug-likeness (QED) is 0.578. The summed E-state index contributed by atoms with van der Waals surface area (Å²) < 4.78 is 5.23. The van der Waals surface area contributed by atoms with Gasteiger partial charge >= 0.3 is 0 Å². The van der Waals surface area contributed by atoms with Crippen molar-refractivity contribution >= 4 is 28.2 Å². The van der Waals surface area contributed by atoms with E-state index in [4.69, 9.17) is 17.0 Å². The zero-order valence-corrected chi connectivity index (χ0v) is 17.9. The van der Waals surface area contributed by atoms with Gasteiger partial charge in [0.1, 0.15) is 5.75 Å². The van der Waals surface area contributed by atoms with Crippen molar-refractivity contribution in [3.63, 3.8) is 0 Å². The molecule has 0 bridgehead atoms. The van der Waals surface area contributed by atoms with Crippen LogP contribution in [-0.4, -0.2) is 28.7 Å². The van der Waals surface area contributed by atoms with Gasteiger partial charge in [0.05, 0.1) is 13.7 Å². The second-order valence-corrected chi connectivity index (χ2v) is 7.33. The fourth-order valence-corrected chi connectivity index (χ4v) is 3.53. The highest BCUT2D eigenvalue weighted by atomic mass is 32.1. The average Bonchev–Trinajstić information content (AvgIpc) is 2.74. The Kier molecular flexibility index (Phi) is 6.88. The Morgan fingerprint density at radius 3 is 2.45 bits per heavy atom. The third kappa shape index (κ3) is 5.15. The van der Waals surface area contributed by atoms with Crippen LogP contribution in [0, 0.1) is 0 Å². The Labute approximate surface area is 176 Å². The number of aromatic amines is 1. The molecule has 0 amide bonds. The molecule has 2 aromatic carbocycles. The summed E-state index contributed by atoms with van der Waals surface area (Å²) in [6.07, 6.45) is 0.957. The third-order valence-corrected chi connectivity index (χ3v) is 5.31. The summed E-state index contributed by atoms with van der Waals surface area (Å²) >= 11 is 5.58. The SMILES string of the molecule is CCNC(=S)N(Cc1ccc(OC)cc1)Cc1cc2cc(CC)ccc2[nH]c1=O. The standard InChI is InChI=1S/C23H27N3O2S/c1-4-16-8-11-21-18(12-16)13-19(22(27)25-21)15-26(23(29)24-5-2)14-17-6-9-20(28-3)10-7-17/h6-13H,4-5,14-15H2,1-3H3,(H,24,29)(H,25,27). The Balaban J connectivity index is 1.90. The first-order valence-electron chi connectivity index (χ1n) is 9.84. The van der Waals surface area contributed by atoms with Crippen molar-refractivity contribution < 1.29 is 4.74 Å². The van der Waals surface area contributed by atoms with Gasteiger partial charge in [0.15, 0.2) is 5.11 Å². The van der Waals surface area contributed by atoms with E-state index >= 15 is 0 Å². The minimum atomic E-state index is -0.0826. The van der Waals surface area contributed by atoms with Gasteiger partial charge in [0.2, 0.25) is 0 Å². The number of rotatable bonds is 7. The fraction of sp³-hybridized carbons (Fsp3) is 0.304. The Hall–Kier alpha value is -2.86. The van der Waals surface area contributed by atoms with Crippen LogP contribution in [0.1, 0.15) is 30.5 Å². The molecule has 0 saturated carbocycles. The van der Waals surface area contributed by atoms with Crippen LogP contribution in [0.2, 0.25) is 0 Å². The first-order chi connectivity index (χ1) is 14.0. The minimum Gasteiger partial charge on any atom is -0.497 e. The van der Waals surface area contributed by atoms with Crippen molar-refractivity contribution in [3.8, 4) is 5.75 Å². The molecule has 1 heterocycles. The average molecular weight is 410 g/mol. The van der Waals surface area contributed by atoms with Gasteiger partial charge < -0.3 is 19.9 Å². The zero-order valence-electron chi connectivity index (χ0n) is 17.1. The van der Waals surface area contributed by atoms with E-state index in [1.165, 1.54) is 5.56 Å². The molecule has 3 aromatic rings. The summed E-state index contributed by atoms with van der Waals surface area (Å²) in [5, 5.41) is 4.87. The number of nitrogens with zero attached hydrogens (tertiary/aromatic N) is 1. The molecule has 0 aliphatic rings. The Morgan fingerprint density at radius 2 is 1.79 bits per heavy atom. The lowest BCUT2D eigenvalue weighted by Gasteiger charge is -2.26. The number of nitrogens with one attached hydrogen (secondary N) is 2. The number of methoxy groups -OCH3 is 1. The molecule has 1 aromatic heterocycles. The van der Waals surface area contributed by atoms with Crippen molar-refractivity contribution in [1.29, 1.82) is 0 Å². The van der Waals surface area contributed by atoms with E-state index < -0.39 is 0 Å². The van der Waals surface area contributed by atoms with Crippen molar-refractivity contribution in [2.45, 2.75) is 33.4 Å². The molecule has 6 heteroatoms. The molecule has 0 radical (unpaired) electrons. The molecule has 0 spiro atoms. The van der Waals surface area contributed by atoms with Crippen molar-refractivity contribution in [3.05, 3.63) is 75.6 Å². The topological polar surface area (TPSA) is 57.4 Å². The molecule has 0 saturated heterocycles. The highest BCUT2D eigenvalue weighted by Crippen LogP contribution is 2.17. The molecule has 0 aliphatic carbocycles. The number of aryl methyl sites for hydroxylation is 1. The molecular formula is C23H27N3O2S. The Bertz CT molecular complexity index is 1040. The van der Waals surface area contributed by atoms with E-state index in [-0.39, 0.29) is 5.56 Å². The summed E-state index contributed by atoms with van der Waals surface area (Å²) in [6, 6.07) is 16.0. The second-order valence-electron chi connectivity index (χ2n) is 6.94. The Morgan fingerprint density at radius 1 is 1.07 bits per heavy atom. The number of thiocarbonyl (C=S) groups is 1. The highest BCUT2D eigenvalue weighted by molar-refractivity contribution is 7.80. The molecule has 29 heavy (non-hydrogen) atoms. The molecular weight excluding hydrogens is 382 g/mol. The van der Waals surface area contributed by atoms with E-state index in [2.05, 4.69) is 23.3 Å². The maximum absolute atomic E-state index is 12.7. The predicted octanol–water partition coefficient (Wildman–Crippen LogP) is 4.00. The lowest BCUT2D eigenvalue weighted by molar-refractivity contribution is 0.396. The lowest BCUT2D eigenvalue weighted by atomic mass is 10.1. The lowest BCUT2D eigenvalue weighted by Crippen LogP contribution is -2.39. The van der Waals surface area contributed by atoms with Crippen LogP contribution in [0.5, 0.6) is 5.75 Å². The summed E-state index contributed by atoms with van der Waals surface area (Å²) in [4.78, 5) is 17.7. The van der Waals surface area contributed by atoms with Crippen LogP contribution < -0.4 is 15.6 Å². The van der Waals surface area contributed by atoms with Crippen LogP contribution in [0.4, 0.5) is 0 Å².